The van der Waals surface area contributed by atoms with Gasteiger partial charge in [-0.3, -0.25) is 0 Å². The van der Waals surface area contributed by atoms with E-state index >= 15 is 0 Å². The van der Waals surface area contributed by atoms with Gasteiger partial charge in [0.25, 0.3) is 0 Å². The minimum absolute atomic E-state index is 0.146. The summed E-state index contributed by atoms with van der Waals surface area (Å²) < 4.78 is 0. The zero-order valence-corrected chi connectivity index (χ0v) is 13.4. The minimum atomic E-state index is 0.146. The van der Waals surface area contributed by atoms with Crippen LogP contribution in [-0.4, -0.2) is 10.7 Å². The predicted octanol–water partition coefficient (Wildman–Crippen LogP) is 4.55. The van der Waals surface area contributed by atoms with E-state index in [1.165, 1.54) is 10.5 Å². The lowest BCUT2D eigenvalue weighted by molar-refractivity contribution is 0.871. The van der Waals surface area contributed by atoms with E-state index in [4.69, 9.17) is 5.26 Å². The summed E-state index contributed by atoms with van der Waals surface area (Å²) >= 11 is 1.84. The number of aromatic nitrogens is 1. The van der Waals surface area contributed by atoms with Crippen LogP contribution in [0.25, 0.3) is 0 Å². The predicted molar refractivity (Wildman–Crippen MR) is 88.6 cm³/mol. The van der Waals surface area contributed by atoms with Crippen LogP contribution in [0.15, 0.2) is 41.3 Å². The van der Waals surface area contributed by atoms with Crippen molar-refractivity contribution in [3.8, 4) is 6.07 Å². The van der Waals surface area contributed by atoms with Crippen LogP contribution in [0.5, 0.6) is 0 Å². The van der Waals surface area contributed by atoms with Gasteiger partial charge in [-0.05, 0) is 48.9 Å². The highest BCUT2D eigenvalue weighted by molar-refractivity contribution is 7.99. The van der Waals surface area contributed by atoms with Crippen LogP contribution in [0.2, 0.25) is 0 Å². The smallest absolute Gasteiger partial charge is 0.145 e. The van der Waals surface area contributed by atoms with E-state index in [9.17, 15) is 0 Å². The molecule has 0 amide bonds. The third kappa shape index (κ3) is 3.99. The van der Waals surface area contributed by atoms with Gasteiger partial charge in [-0.15, -0.1) is 11.8 Å². The first-order valence-corrected chi connectivity index (χ1v) is 7.99. The quantitative estimate of drug-likeness (QED) is 0.823. The number of hydrogen-bond acceptors (Lipinski definition) is 4. The van der Waals surface area contributed by atoms with Crippen LogP contribution in [-0.2, 0) is 0 Å². The fourth-order valence-corrected chi connectivity index (χ4v) is 2.71. The van der Waals surface area contributed by atoms with E-state index in [0.29, 0.717) is 5.69 Å². The van der Waals surface area contributed by atoms with E-state index < -0.39 is 0 Å². The molecule has 108 valence electrons. The number of hydrogen-bond donors (Lipinski definition) is 1. The first-order chi connectivity index (χ1) is 10.1. The van der Waals surface area contributed by atoms with E-state index in [1.807, 2.05) is 30.8 Å². The van der Waals surface area contributed by atoms with Crippen molar-refractivity contribution in [2.24, 2.45) is 0 Å². The van der Waals surface area contributed by atoms with Crippen molar-refractivity contribution in [3.63, 3.8) is 0 Å². The Hall–Kier alpha value is -1.99. The highest BCUT2D eigenvalue weighted by Gasteiger charge is 2.08. The molecule has 1 aromatic heterocycles. The van der Waals surface area contributed by atoms with Crippen LogP contribution in [0.1, 0.15) is 36.7 Å². The molecule has 0 radical (unpaired) electrons. The zero-order valence-electron chi connectivity index (χ0n) is 12.6. The number of aryl methyl sites for hydroxylation is 1. The first kappa shape index (κ1) is 15.4. The second-order valence-corrected chi connectivity index (χ2v) is 6.18. The van der Waals surface area contributed by atoms with Gasteiger partial charge in [0.05, 0.1) is 0 Å². The Morgan fingerprint density at radius 2 is 1.95 bits per heavy atom. The molecule has 2 rings (SSSR count). The fourth-order valence-electron chi connectivity index (χ4n) is 2.05. The summed E-state index contributed by atoms with van der Waals surface area (Å²) in [7, 11) is 0. The summed E-state index contributed by atoms with van der Waals surface area (Å²) in [6.07, 6.45) is 0. The third-order valence-corrected chi connectivity index (χ3v) is 4.15. The maximum Gasteiger partial charge on any atom is 0.145 e. The number of rotatable bonds is 5. The molecule has 1 aromatic carbocycles. The topological polar surface area (TPSA) is 48.7 Å². The number of anilines is 1. The van der Waals surface area contributed by atoms with Gasteiger partial charge in [0.1, 0.15) is 17.6 Å². The second-order valence-electron chi connectivity index (χ2n) is 4.84. The number of nitrogens with zero attached hydrogens (tertiary/aromatic N) is 2. The molecule has 0 saturated heterocycles. The molecular weight excluding hydrogens is 278 g/mol. The summed E-state index contributed by atoms with van der Waals surface area (Å²) in [4.78, 5) is 5.61. The highest BCUT2D eigenvalue weighted by Crippen LogP contribution is 2.23. The Bertz CT molecular complexity index is 644. The summed E-state index contributed by atoms with van der Waals surface area (Å²) in [5.41, 5.74) is 2.58. The fraction of sp³-hybridized carbons (Fsp3) is 0.294. The standard InChI is InChI=1S/C17H19N3S/c1-4-21-15-8-6-14(7-9-15)13(3)19-17-10-5-12(2)16(11-18)20-17/h5-10,13H,4H2,1-3H3,(H,19,20). The Labute approximate surface area is 130 Å². The van der Waals surface area contributed by atoms with Gasteiger partial charge in [-0.1, -0.05) is 25.1 Å². The van der Waals surface area contributed by atoms with Crippen LogP contribution in [0.4, 0.5) is 5.82 Å². The number of pyridine rings is 1. The van der Waals surface area contributed by atoms with Gasteiger partial charge in [0, 0.05) is 10.9 Å². The van der Waals surface area contributed by atoms with E-state index in [-0.39, 0.29) is 6.04 Å². The van der Waals surface area contributed by atoms with Crippen molar-refractivity contribution in [1.29, 1.82) is 5.26 Å². The molecule has 21 heavy (non-hydrogen) atoms. The molecule has 1 heterocycles. The van der Waals surface area contributed by atoms with E-state index in [2.05, 4.69) is 54.5 Å². The van der Waals surface area contributed by atoms with Gasteiger partial charge in [0.2, 0.25) is 0 Å². The molecule has 1 N–H and O–H groups in total. The van der Waals surface area contributed by atoms with Crippen molar-refractivity contribution in [3.05, 3.63) is 53.2 Å². The van der Waals surface area contributed by atoms with Gasteiger partial charge in [-0.25, -0.2) is 4.98 Å². The third-order valence-electron chi connectivity index (χ3n) is 3.26. The highest BCUT2D eigenvalue weighted by atomic mass is 32.2. The molecule has 1 atom stereocenters. The molecule has 0 aliphatic heterocycles. The zero-order chi connectivity index (χ0) is 15.2. The maximum atomic E-state index is 9.03. The van der Waals surface area contributed by atoms with Gasteiger partial charge >= 0.3 is 0 Å². The van der Waals surface area contributed by atoms with Crippen molar-refractivity contribution in [2.45, 2.75) is 31.7 Å². The molecule has 4 heteroatoms. The lowest BCUT2D eigenvalue weighted by Crippen LogP contribution is -2.08. The number of thioether (sulfide) groups is 1. The molecule has 2 aromatic rings. The number of nitriles is 1. The van der Waals surface area contributed by atoms with Crippen molar-refractivity contribution in [2.75, 3.05) is 11.1 Å². The molecule has 0 fully saturated rings. The molecule has 0 saturated carbocycles. The van der Waals surface area contributed by atoms with Crippen molar-refractivity contribution in [1.82, 2.24) is 4.98 Å². The van der Waals surface area contributed by atoms with E-state index in [0.717, 1.165) is 17.1 Å². The summed E-state index contributed by atoms with van der Waals surface area (Å²) in [6.45, 7) is 6.14. The molecule has 1 unspecified atom stereocenters. The number of nitrogens with one attached hydrogen (secondary N) is 1. The maximum absolute atomic E-state index is 9.03. The Balaban J connectivity index is 2.10. The summed E-state index contributed by atoms with van der Waals surface area (Å²) in [5.74, 6) is 1.81. The monoisotopic (exact) mass is 297 g/mol. The molecule has 0 aliphatic rings. The Morgan fingerprint density at radius 3 is 2.57 bits per heavy atom. The summed E-state index contributed by atoms with van der Waals surface area (Å²) in [6, 6.07) is 14.6. The molecule has 0 aliphatic carbocycles. The Morgan fingerprint density at radius 1 is 1.24 bits per heavy atom. The van der Waals surface area contributed by atoms with Gasteiger partial charge in [-0.2, -0.15) is 5.26 Å². The second kappa shape index (κ2) is 7.14. The van der Waals surface area contributed by atoms with Gasteiger partial charge < -0.3 is 5.32 Å². The van der Waals surface area contributed by atoms with Crippen LogP contribution >= 0.6 is 11.8 Å². The van der Waals surface area contributed by atoms with Crippen molar-refractivity contribution >= 4 is 17.6 Å². The average Bonchev–Trinajstić information content (AvgIpc) is 2.50. The molecular formula is C17H19N3S. The van der Waals surface area contributed by atoms with Crippen LogP contribution in [0, 0.1) is 18.3 Å². The van der Waals surface area contributed by atoms with Crippen molar-refractivity contribution < 1.29 is 0 Å². The SMILES string of the molecule is CCSc1ccc(C(C)Nc2ccc(C)c(C#N)n2)cc1. The van der Waals surface area contributed by atoms with Gasteiger partial charge in [0.15, 0.2) is 0 Å². The first-order valence-electron chi connectivity index (χ1n) is 7.01. The molecule has 0 spiro atoms. The summed E-state index contributed by atoms with van der Waals surface area (Å²) in [5, 5.41) is 12.4. The van der Waals surface area contributed by atoms with Crippen LogP contribution in [0.3, 0.4) is 0 Å². The largest absolute Gasteiger partial charge is 0.364 e. The van der Waals surface area contributed by atoms with E-state index in [1.54, 1.807) is 0 Å². The lowest BCUT2D eigenvalue weighted by atomic mass is 10.1. The molecule has 3 nitrogen and oxygen atoms in total. The number of benzene rings is 1. The average molecular weight is 297 g/mol. The van der Waals surface area contributed by atoms with Crippen LogP contribution < -0.4 is 5.32 Å². The minimum Gasteiger partial charge on any atom is -0.364 e. The normalized spacial score (nSPS) is 11.7. The lowest BCUT2D eigenvalue weighted by Gasteiger charge is -2.15. The Kier molecular flexibility index (Phi) is 5.24. The molecule has 0 bridgehead atoms.